The van der Waals surface area contributed by atoms with Gasteiger partial charge in [-0.1, -0.05) is 29.5 Å². The molecule has 0 amide bonds. The molecular weight excluding hydrogens is 190 g/mol. The van der Waals surface area contributed by atoms with Crippen molar-refractivity contribution < 1.29 is 5.11 Å². The Bertz CT molecular complexity index is 448. The molecule has 0 saturated heterocycles. The van der Waals surface area contributed by atoms with E-state index in [1.165, 1.54) is 0 Å². The zero-order chi connectivity index (χ0) is 10.5. The van der Waals surface area contributed by atoms with Gasteiger partial charge in [-0.25, -0.2) is 4.68 Å². The van der Waals surface area contributed by atoms with Crippen LogP contribution in [0.25, 0.3) is 11.8 Å². The van der Waals surface area contributed by atoms with Gasteiger partial charge in [-0.2, -0.15) is 0 Å². The van der Waals surface area contributed by atoms with E-state index in [1.54, 1.807) is 16.8 Å². The SMILES string of the molecule is OC/C=C/c1cn(-c2ccccc2)nn1. The molecule has 0 bridgehead atoms. The number of benzene rings is 1. The molecule has 0 aliphatic rings. The zero-order valence-electron chi connectivity index (χ0n) is 8.11. The lowest BCUT2D eigenvalue weighted by atomic mass is 10.3. The summed E-state index contributed by atoms with van der Waals surface area (Å²) >= 11 is 0. The quantitative estimate of drug-likeness (QED) is 0.813. The van der Waals surface area contributed by atoms with Crippen molar-refractivity contribution in [3.63, 3.8) is 0 Å². The first-order valence-electron chi connectivity index (χ1n) is 4.65. The van der Waals surface area contributed by atoms with Crippen LogP contribution in [0.4, 0.5) is 0 Å². The topological polar surface area (TPSA) is 50.9 Å². The molecule has 1 heterocycles. The molecule has 0 unspecified atom stereocenters. The molecule has 0 radical (unpaired) electrons. The number of hydrogen-bond donors (Lipinski definition) is 1. The number of aliphatic hydroxyl groups is 1. The minimum atomic E-state index is 0.0121. The van der Waals surface area contributed by atoms with Gasteiger partial charge in [-0.3, -0.25) is 0 Å². The van der Waals surface area contributed by atoms with Crippen LogP contribution < -0.4 is 0 Å². The first-order chi connectivity index (χ1) is 7.40. The van der Waals surface area contributed by atoms with E-state index in [2.05, 4.69) is 10.3 Å². The summed E-state index contributed by atoms with van der Waals surface area (Å²) in [6.07, 6.45) is 5.16. The van der Waals surface area contributed by atoms with Crippen LogP contribution >= 0.6 is 0 Å². The molecule has 76 valence electrons. The third kappa shape index (κ3) is 2.30. The fourth-order valence-corrected chi connectivity index (χ4v) is 1.23. The van der Waals surface area contributed by atoms with Gasteiger partial charge in [0.2, 0.25) is 0 Å². The number of para-hydroxylation sites is 1. The summed E-state index contributed by atoms with van der Waals surface area (Å²) in [4.78, 5) is 0. The van der Waals surface area contributed by atoms with E-state index < -0.39 is 0 Å². The molecule has 0 atom stereocenters. The van der Waals surface area contributed by atoms with Gasteiger partial charge >= 0.3 is 0 Å². The maximum Gasteiger partial charge on any atom is 0.106 e. The van der Waals surface area contributed by atoms with Crippen molar-refractivity contribution >= 4 is 6.08 Å². The summed E-state index contributed by atoms with van der Waals surface area (Å²) in [6, 6.07) is 9.75. The van der Waals surface area contributed by atoms with Crippen LogP contribution in [0.2, 0.25) is 0 Å². The first kappa shape index (κ1) is 9.61. The molecule has 1 aromatic heterocycles. The maximum absolute atomic E-state index is 8.61. The highest BCUT2D eigenvalue weighted by Gasteiger charge is 1.98. The second-order valence-corrected chi connectivity index (χ2v) is 3.01. The van der Waals surface area contributed by atoms with E-state index in [1.807, 2.05) is 36.5 Å². The molecule has 0 saturated carbocycles. The van der Waals surface area contributed by atoms with Crippen LogP contribution in [0.1, 0.15) is 5.69 Å². The van der Waals surface area contributed by atoms with Crippen molar-refractivity contribution in [2.24, 2.45) is 0 Å². The Hall–Kier alpha value is -1.94. The molecule has 0 aliphatic heterocycles. The third-order valence-corrected chi connectivity index (χ3v) is 1.93. The van der Waals surface area contributed by atoms with E-state index in [4.69, 9.17) is 5.11 Å². The third-order valence-electron chi connectivity index (χ3n) is 1.93. The van der Waals surface area contributed by atoms with Crippen LogP contribution in [0.15, 0.2) is 42.6 Å². The molecule has 2 aromatic rings. The van der Waals surface area contributed by atoms with Gasteiger partial charge in [0.05, 0.1) is 18.5 Å². The summed E-state index contributed by atoms with van der Waals surface area (Å²) < 4.78 is 1.69. The van der Waals surface area contributed by atoms with E-state index in [-0.39, 0.29) is 6.61 Å². The summed E-state index contributed by atoms with van der Waals surface area (Å²) in [7, 11) is 0. The monoisotopic (exact) mass is 201 g/mol. The minimum absolute atomic E-state index is 0.0121. The van der Waals surface area contributed by atoms with Crippen molar-refractivity contribution in [1.82, 2.24) is 15.0 Å². The highest BCUT2D eigenvalue weighted by atomic mass is 16.2. The van der Waals surface area contributed by atoms with E-state index in [0.717, 1.165) is 11.4 Å². The second-order valence-electron chi connectivity index (χ2n) is 3.01. The molecule has 15 heavy (non-hydrogen) atoms. The number of nitrogens with zero attached hydrogens (tertiary/aromatic N) is 3. The van der Waals surface area contributed by atoms with Gasteiger partial charge in [-0.05, 0) is 18.2 Å². The van der Waals surface area contributed by atoms with Crippen molar-refractivity contribution in [2.75, 3.05) is 6.61 Å². The van der Waals surface area contributed by atoms with Crippen molar-refractivity contribution in [2.45, 2.75) is 0 Å². The normalized spacial score (nSPS) is 11.0. The molecule has 0 fully saturated rings. The van der Waals surface area contributed by atoms with E-state index >= 15 is 0 Å². The largest absolute Gasteiger partial charge is 0.392 e. The van der Waals surface area contributed by atoms with Gasteiger partial charge in [0.15, 0.2) is 0 Å². The van der Waals surface area contributed by atoms with Crippen LogP contribution in [-0.2, 0) is 0 Å². The fourth-order valence-electron chi connectivity index (χ4n) is 1.23. The average molecular weight is 201 g/mol. The summed E-state index contributed by atoms with van der Waals surface area (Å²) in [5, 5.41) is 16.5. The van der Waals surface area contributed by atoms with Gasteiger partial charge in [0.25, 0.3) is 0 Å². The molecule has 1 aromatic carbocycles. The molecule has 4 nitrogen and oxygen atoms in total. The Morgan fingerprint density at radius 2 is 2.07 bits per heavy atom. The van der Waals surface area contributed by atoms with Crippen LogP contribution in [0.3, 0.4) is 0 Å². The lowest BCUT2D eigenvalue weighted by molar-refractivity contribution is 0.343. The number of aromatic nitrogens is 3. The smallest absolute Gasteiger partial charge is 0.106 e. The van der Waals surface area contributed by atoms with Crippen molar-refractivity contribution in [1.29, 1.82) is 0 Å². The van der Waals surface area contributed by atoms with E-state index in [0.29, 0.717) is 0 Å². The minimum Gasteiger partial charge on any atom is -0.392 e. The molecule has 4 heteroatoms. The Morgan fingerprint density at radius 3 is 2.80 bits per heavy atom. The Balaban J connectivity index is 2.24. The van der Waals surface area contributed by atoms with Gasteiger partial charge in [0.1, 0.15) is 5.69 Å². The summed E-state index contributed by atoms with van der Waals surface area (Å²) in [6.45, 7) is 0.0121. The highest BCUT2D eigenvalue weighted by molar-refractivity contribution is 5.43. The summed E-state index contributed by atoms with van der Waals surface area (Å²) in [5.74, 6) is 0. The predicted octanol–water partition coefficient (Wildman–Crippen LogP) is 1.27. The molecule has 0 aliphatic carbocycles. The number of hydrogen-bond acceptors (Lipinski definition) is 3. The number of aliphatic hydroxyl groups excluding tert-OH is 1. The highest BCUT2D eigenvalue weighted by Crippen LogP contribution is 2.06. The van der Waals surface area contributed by atoms with Crippen molar-refractivity contribution in [3.05, 3.63) is 48.3 Å². The standard InChI is InChI=1S/C11H11N3O/c15-8-4-5-10-9-14(13-12-10)11-6-2-1-3-7-11/h1-7,9,15H,8H2/b5-4+. The number of rotatable bonds is 3. The second kappa shape index (κ2) is 4.52. The van der Waals surface area contributed by atoms with Crippen LogP contribution in [0.5, 0.6) is 0 Å². The van der Waals surface area contributed by atoms with Gasteiger partial charge in [0, 0.05) is 0 Å². The maximum atomic E-state index is 8.61. The molecular formula is C11H11N3O. The first-order valence-corrected chi connectivity index (χ1v) is 4.65. The fraction of sp³-hybridized carbons (Fsp3) is 0.0909. The predicted molar refractivity (Wildman–Crippen MR) is 57.5 cm³/mol. The van der Waals surface area contributed by atoms with Crippen LogP contribution in [0, 0.1) is 0 Å². The summed E-state index contributed by atoms with van der Waals surface area (Å²) in [5.41, 5.74) is 1.70. The molecule has 1 N–H and O–H groups in total. The average Bonchev–Trinajstić information content (AvgIpc) is 2.76. The molecule has 0 spiro atoms. The Morgan fingerprint density at radius 1 is 1.27 bits per heavy atom. The zero-order valence-corrected chi connectivity index (χ0v) is 8.11. The van der Waals surface area contributed by atoms with Crippen molar-refractivity contribution in [3.8, 4) is 5.69 Å². The van der Waals surface area contributed by atoms with Gasteiger partial charge in [-0.15, -0.1) is 5.10 Å². The molecule has 2 rings (SSSR count). The van der Waals surface area contributed by atoms with Gasteiger partial charge < -0.3 is 5.11 Å². The lowest BCUT2D eigenvalue weighted by Gasteiger charge is -1.96. The van der Waals surface area contributed by atoms with E-state index in [9.17, 15) is 0 Å². The van der Waals surface area contributed by atoms with Crippen LogP contribution in [-0.4, -0.2) is 26.7 Å². The Kier molecular flexibility index (Phi) is 2.90. The Labute approximate surface area is 87.5 Å². The lowest BCUT2D eigenvalue weighted by Crippen LogP contribution is -1.93.